The summed E-state index contributed by atoms with van der Waals surface area (Å²) in [6.07, 6.45) is 8.70. The van der Waals surface area contributed by atoms with Gasteiger partial charge in [-0.25, -0.2) is 0 Å². The molecule has 2 fully saturated rings. The first-order valence-electron chi connectivity index (χ1n) is 6.15. The Hall–Kier alpha value is -0.0800. The van der Waals surface area contributed by atoms with Gasteiger partial charge in [0, 0.05) is 0 Å². The van der Waals surface area contributed by atoms with E-state index in [0.717, 1.165) is 25.7 Å². The molecule has 0 spiro atoms. The first-order valence-corrected chi connectivity index (χ1v) is 6.15. The normalized spacial score (nSPS) is 45.0. The molecule has 2 aliphatic carbocycles. The first kappa shape index (κ1) is 10.4. The topological polar surface area (TPSA) is 40.5 Å². The third-order valence-corrected chi connectivity index (χ3v) is 4.11. The Morgan fingerprint density at radius 3 is 1.29 bits per heavy atom. The molecule has 14 heavy (non-hydrogen) atoms. The molecule has 2 rings (SSSR count). The fourth-order valence-corrected chi connectivity index (χ4v) is 3.28. The molecule has 0 aliphatic heterocycles. The van der Waals surface area contributed by atoms with E-state index < -0.39 is 0 Å². The molecule has 0 aromatic rings. The molecule has 0 saturated heterocycles. The predicted molar refractivity (Wildman–Crippen MR) is 55.9 cm³/mol. The minimum absolute atomic E-state index is 0.138. The zero-order chi connectivity index (χ0) is 9.97. The van der Waals surface area contributed by atoms with Crippen molar-refractivity contribution in [3.05, 3.63) is 0 Å². The van der Waals surface area contributed by atoms with Gasteiger partial charge in [0.15, 0.2) is 0 Å². The molecule has 4 atom stereocenters. The van der Waals surface area contributed by atoms with Gasteiger partial charge < -0.3 is 10.2 Å². The Labute approximate surface area is 86.3 Å². The van der Waals surface area contributed by atoms with E-state index in [-0.39, 0.29) is 12.2 Å². The fraction of sp³-hybridized carbons (Fsp3) is 1.00. The van der Waals surface area contributed by atoms with Crippen LogP contribution in [0.2, 0.25) is 0 Å². The van der Waals surface area contributed by atoms with E-state index in [1.807, 2.05) is 0 Å². The summed E-state index contributed by atoms with van der Waals surface area (Å²) in [6, 6.07) is 0. The molecule has 0 radical (unpaired) electrons. The van der Waals surface area contributed by atoms with Crippen LogP contribution in [-0.4, -0.2) is 22.4 Å². The van der Waals surface area contributed by atoms with Crippen molar-refractivity contribution < 1.29 is 10.2 Å². The van der Waals surface area contributed by atoms with Crippen LogP contribution in [0.15, 0.2) is 0 Å². The van der Waals surface area contributed by atoms with Gasteiger partial charge in [-0.05, 0) is 37.5 Å². The van der Waals surface area contributed by atoms with E-state index in [1.54, 1.807) is 0 Å². The Kier molecular flexibility index (Phi) is 3.45. The van der Waals surface area contributed by atoms with E-state index in [1.165, 1.54) is 25.7 Å². The number of hydrogen-bond donors (Lipinski definition) is 2. The Morgan fingerprint density at radius 2 is 0.929 bits per heavy atom. The molecule has 0 heterocycles. The Balaban J connectivity index is 1.96. The van der Waals surface area contributed by atoms with E-state index in [2.05, 4.69) is 0 Å². The van der Waals surface area contributed by atoms with Crippen LogP contribution < -0.4 is 0 Å². The standard InChI is InChI=1S/C12H22O2/c13-11-7-3-1-5-9(11)10-6-2-4-8-12(10)14/h9-14H,1-8H2/t9-,10-,11-,12-/m0/s1. The van der Waals surface area contributed by atoms with Gasteiger partial charge in [-0.3, -0.25) is 0 Å². The third-order valence-electron chi connectivity index (χ3n) is 4.11. The maximum Gasteiger partial charge on any atom is 0.0572 e. The van der Waals surface area contributed by atoms with Gasteiger partial charge in [0.2, 0.25) is 0 Å². The Bertz CT molecular complexity index is 161. The lowest BCUT2D eigenvalue weighted by atomic mass is 9.71. The zero-order valence-electron chi connectivity index (χ0n) is 8.86. The quantitative estimate of drug-likeness (QED) is 0.677. The van der Waals surface area contributed by atoms with Crippen LogP contribution in [0.5, 0.6) is 0 Å². The van der Waals surface area contributed by atoms with Gasteiger partial charge in [-0.15, -0.1) is 0 Å². The maximum absolute atomic E-state index is 9.93. The molecule has 0 bridgehead atoms. The smallest absolute Gasteiger partial charge is 0.0572 e. The highest BCUT2D eigenvalue weighted by molar-refractivity contribution is 4.86. The van der Waals surface area contributed by atoms with Gasteiger partial charge in [0.25, 0.3) is 0 Å². The van der Waals surface area contributed by atoms with Crippen LogP contribution in [-0.2, 0) is 0 Å². The molecular weight excluding hydrogens is 176 g/mol. The minimum Gasteiger partial charge on any atom is -0.393 e. The number of rotatable bonds is 1. The average molecular weight is 198 g/mol. The molecule has 2 N–H and O–H groups in total. The van der Waals surface area contributed by atoms with E-state index in [0.29, 0.717) is 11.8 Å². The lowest BCUT2D eigenvalue weighted by molar-refractivity contribution is -0.0325. The summed E-state index contributed by atoms with van der Waals surface area (Å²) in [6.45, 7) is 0. The van der Waals surface area contributed by atoms with E-state index in [4.69, 9.17) is 0 Å². The molecule has 0 aromatic carbocycles. The van der Waals surface area contributed by atoms with Gasteiger partial charge in [0.1, 0.15) is 0 Å². The molecule has 82 valence electrons. The predicted octanol–water partition coefficient (Wildman–Crippen LogP) is 2.09. The lowest BCUT2D eigenvalue weighted by Gasteiger charge is -2.39. The summed E-state index contributed by atoms with van der Waals surface area (Å²) < 4.78 is 0. The minimum atomic E-state index is -0.138. The van der Waals surface area contributed by atoms with Crippen molar-refractivity contribution in [3.8, 4) is 0 Å². The van der Waals surface area contributed by atoms with Gasteiger partial charge in [-0.1, -0.05) is 25.7 Å². The second-order valence-electron chi connectivity index (χ2n) is 5.03. The second kappa shape index (κ2) is 4.63. The number of aliphatic hydroxyl groups excluding tert-OH is 2. The maximum atomic E-state index is 9.93. The summed E-state index contributed by atoms with van der Waals surface area (Å²) in [5.74, 6) is 0.776. The highest BCUT2D eigenvalue weighted by atomic mass is 16.3. The van der Waals surface area contributed by atoms with Crippen molar-refractivity contribution in [3.63, 3.8) is 0 Å². The lowest BCUT2D eigenvalue weighted by Crippen LogP contribution is -2.38. The van der Waals surface area contributed by atoms with Gasteiger partial charge in [0.05, 0.1) is 12.2 Å². The SMILES string of the molecule is O[C@H]1CCCC[C@H]1[C@@H]1CCCC[C@@H]1O. The molecular formula is C12H22O2. The van der Waals surface area contributed by atoms with Gasteiger partial charge >= 0.3 is 0 Å². The molecule has 2 nitrogen and oxygen atoms in total. The monoisotopic (exact) mass is 198 g/mol. The number of aliphatic hydroxyl groups is 2. The van der Waals surface area contributed by atoms with Crippen molar-refractivity contribution >= 4 is 0 Å². The van der Waals surface area contributed by atoms with Gasteiger partial charge in [-0.2, -0.15) is 0 Å². The first-order chi connectivity index (χ1) is 6.79. The highest BCUT2D eigenvalue weighted by Crippen LogP contribution is 2.38. The van der Waals surface area contributed by atoms with Crippen LogP contribution in [0, 0.1) is 11.8 Å². The summed E-state index contributed by atoms with van der Waals surface area (Å²) >= 11 is 0. The van der Waals surface area contributed by atoms with Crippen LogP contribution in [0.3, 0.4) is 0 Å². The van der Waals surface area contributed by atoms with E-state index in [9.17, 15) is 10.2 Å². The molecule has 2 aliphatic rings. The summed E-state index contributed by atoms with van der Waals surface area (Å²) in [5.41, 5.74) is 0. The Morgan fingerprint density at radius 1 is 0.571 bits per heavy atom. The number of hydrogen-bond acceptors (Lipinski definition) is 2. The molecule has 2 saturated carbocycles. The second-order valence-corrected chi connectivity index (χ2v) is 5.03. The highest BCUT2D eigenvalue weighted by Gasteiger charge is 2.35. The third kappa shape index (κ3) is 2.12. The zero-order valence-corrected chi connectivity index (χ0v) is 8.86. The average Bonchev–Trinajstić information content (AvgIpc) is 2.20. The van der Waals surface area contributed by atoms with Crippen LogP contribution in [0.1, 0.15) is 51.4 Å². The van der Waals surface area contributed by atoms with E-state index >= 15 is 0 Å². The van der Waals surface area contributed by atoms with Crippen molar-refractivity contribution in [2.75, 3.05) is 0 Å². The molecule has 0 aromatic heterocycles. The fourth-order valence-electron chi connectivity index (χ4n) is 3.28. The van der Waals surface area contributed by atoms with Crippen molar-refractivity contribution in [2.24, 2.45) is 11.8 Å². The summed E-state index contributed by atoms with van der Waals surface area (Å²) in [5, 5.41) is 19.9. The van der Waals surface area contributed by atoms with Crippen molar-refractivity contribution in [1.82, 2.24) is 0 Å². The summed E-state index contributed by atoms with van der Waals surface area (Å²) in [4.78, 5) is 0. The molecule has 2 heteroatoms. The van der Waals surface area contributed by atoms with Crippen LogP contribution >= 0.6 is 0 Å². The largest absolute Gasteiger partial charge is 0.393 e. The summed E-state index contributed by atoms with van der Waals surface area (Å²) in [7, 11) is 0. The van der Waals surface area contributed by atoms with Crippen LogP contribution in [0.4, 0.5) is 0 Å². The van der Waals surface area contributed by atoms with Crippen molar-refractivity contribution in [1.29, 1.82) is 0 Å². The van der Waals surface area contributed by atoms with Crippen molar-refractivity contribution in [2.45, 2.75) is 63.6 Å². The molecule has 0 unspecified atom stereocenters. The van der Waals surface area contributed by atoms with Crippen LogP contribution in [0.25, 0.3) is 0 Å². The molecule has 0 amide bonds.